The lowest BCUT2D eigenvalue weighted by Crippen LogP contribution is -2.57. The molecule has 2 N–H and O–H groups in total. The zero-order valence-electron chi connectivity index (χ0n) is 36.6. The number of amides is 4. The Bertz CT molecular complexity index is 2960. The van der Waals surface area contributed by atoms with Crippen LogP contribution in [-0.4, -0.2) is 105 Å². The first-order valence-electron chi connectivity index (χ1n) is 22.4. The van der Waals surface area contributed by atoms with Crippen LogP contribution in [0.15, 0.2) is 59.6 Å². The highest BCUT2D eigenvalue weighted by atomic mass is 32.2. The minimum Gasteiger partial charge on any atom is -0.369 e. The van der Waals surface area contributed by atoms with Crippen molar-refractivity contribution in [3.8, 4) is 11.3 Å². The van der Waals surface area contributed by atoms with E-state index in [4.69, 9.17) is 0 Å². The fourth-order valence-corrected chi connectivity index (χ4v) is 12.6. The second-order valence-corrected chi connectivity index (χ2v) is 20.8. The van der Waals surface area contributed by atoms with Crippen LogP contribution in [0.4, 0.5) is 30.5 Å². The van der Waals surface area contributed by atoms with E-state index in [1.165, 1.54) is 24.3 Å². The highest BCUT2D eigenvalue weighted by Crippen LogP contribution is 2.52. The lowest BCUT2D eigenvalue weighted by molar-refractivity contribution is -0.136. The van der Waals surface area contributed by atoms with Crippen LogP contribution < -0.4 is 15.5 Å². The first-order valence-corrected chi connectivity index (χ1v) is 23.9. The van der Waals surface area contributed by atoms with Crippen LogP contribution in [0.1, 0.15) is 97.8 Å². The Morgan fingerprint density at radius 3 is 2.18 bits per heavy atom. The number of anilines is 3. The van der Waals surface area contributed by atoms with Crippen LogP contribution in [0, 0.1) is 29.8 Å². The van der Waals surface area contributed by atoms with Gasteiger partial charge < -0.3 is 19.7 Å². The van der Waals surface area contributed by atoms with Crippen molar-refractivity contribution in [3.05, 3.63) is 89.1 Å². The second kappa shape index (κ2) is 16.3. The van der Waals surface area contributed by atoms with Crippen LogP contribution in [0.25, 0.3) is 22.3 Å². The molecule has 1 spiro atoms. The summed E-state index contributed by atoms with van der Waals surface area (Å²) >= 11 is 0. The molecule has 5 aliphatic rings. The van der Waals surface area contributed by atoms with Gasteiger partial charge in [0.1, 0.15) is 28.9 Å². The number of piperidine rings is 3. The van der Waals surface area contributed by atoms with E-state index in [0.29, 0.717) is 62.1 Å². The molecule has 3 saturated heterocycles. The molecule has 15 nitrogen and oxygen atoms in total. The standard InChI is InChI=1S/C47H48F3N9O6S/c1-25(2)58-26(3)52-42-35(49)18-27(19-39(42)58)41-36(50)24-51-46(55-41)53-28-4-6-30(7-5-28)66(64,65)31-10-14-56(15-11-31)29-22-47(23-29)12-16-57(17-13-47)38-21-33-32(20-34(38)48)44(62)59(45(33)63)37-8-9-40(60)54-43(37)61/h4-7,18-21,24-25,29,31,37H,8-17,22-23H2,1-3H3,(H,51,53,55)(H,54,60,61). The SMILES string of the molecule is Cc1nc2c(F)cc(-c3nc(Nc4ccc(S(=O)(=O)C5CCN(C6CC7(CCN(c8cc9c(cc8F)C(=O)N(C8CCC(=O)NC8=O)C9=O)CC7)C6)CC5)cc4)ncc3F)cc2n1C(C)C. The normalized spacial score (nSPS) is 20.7. The maximum Gasteiger partial charge on any atom is 0.262 e. The van der Waals surface area contributed by atoms with Crippen molar-refractivity contribution in [1.82, 2.24) is 34.6 Å². The summed E-state index contributed by atoms with van der Waals surface area (Å²) in [5.41, 5.74) is 1.63. The molecule has 3 aromatic carbocycles. The highest BCUT2D eigenvalue weighted by molar-refractivity contribution is 7.92. The monoisotopic (exact) mass is 923 g/mol. The maximum absolute atomic E-state index is 15.6. The van der Waals surface area contributed by atoms with E-state index in [1.807, 2.05) is 23.3 Å². The molecule has 4 amide bonds. The fraction of sp³-hybridized carbons (Fsp3) is 0.426. The molecule has 344 valence electrons. The Morgan fingerprint density at radius 1 is 0.833 bits per heavy atom. The number of nitrogens with zero attached hydrogens (tertiary/aromatic N) is 7. The maximum atomic E-state index is 15.6. The van der Waals surface area contributed by atoms with E-state index in [1.54, 1.807) is 25.1 Å². The third-order valence-electron chi connectivity index (χ3n) is 14.3. The Labute approximate surface area is 378 Å². The number of carbonyl (C=O) groups excluding carboxylic acids is 4. The van der Waals surface area contributed by atoms with Gasteiger partial charge in [-0.2, -0.15) is 0 Å². The van der Waals surface area contributed by atoms with E-state index >= 15 is 13.2 Å². The Hall–Kier alpha value is -6.21. The van der Waals surface area contributed by atoms with Gasteiger partial charge in [0, 0.05) is 42.8 Å². The third-order valence-corrected chi connectivity index (χ3v) is 16.6. The van der Waals surface area contributed by atoms with Gasteiger partial charge in [0.05, 0.1) is 38.7 Å². The predicted molar refractivity (Wildman–Crippen MR) is 237 cm³/mol. The van der Waals surface area contributed by atoms with E-state index < -0.39 is 62.2 Å². The molecule has 6 heterocycles. The molecule has 4 aliphatic heterocycles. The first kappa shape index (κ1) is 43.7. The largest absolute Gasteiger partial charge is 0.369 e. The number of hydrogen-bond donors (Lipinski definition) is 2. The van der Waals surface area contributed by atoms with Crippen LogP contribution in [0.5, 0.6) is 0 Å². The second-order valence-electron chi connectivity index (χ2n) is 18.6. The van der Waals surface area contributed by atoms with Crippen molar-refractivity contribution in [3.63, 3.8) is 0 Å². The average molecular weight is 924 g/mol. The Balaban J connectivity index is 0.725. The topological polar surface area (TPSA) is 180 Å². The van der Waals surface area contributed by atoms with Gasteiger partial charge in [-0.25, -0.2) is 36.5 Å². The number of imidazole rings is 1. The van der Waals surface area contributed by atoms with Crippen LogP contribution in [0.3, 0.4) is 0 Å². The zero-order chi connectivity index (χ0) is 46.4. The van der Waals surface area contributed by atoms with Crippen molar-refractivity contribution >= 4 is 61.8 Å². The number of carbonyl (C=O) groups is 4. The average Bonchev–Trinajstić information content (AvgIpc) is 3.74. The van der Waals surface area contributed by atoms with Gasteiger partial charge in [-0.05, 0) is 133 Å². The van der Waals surface area contributed by atoms with Crippen LogP contribution in [-0.2, 0) is 19.4 Å². The van der Waals surface area contributed by atoms with Crippen molar-refractivity contribution in [2.24, 2.45) is 5.41 Å². The zero-order valence-corrected chi connectivity index (χ0v) is 37.4. The summed E-state index contributed by atoms with van der Waals surface area (Å²) in [6.07, 6.45) is 5.57. The molecular formula is C47H48F3N9O6S. The lowest BCUT2D eigenvalue weighted by Gasteiger charge is -2.56. The molecule has 1 aliphatic carbocycles. The summed E-state index contributed by atoms with van der Waals surface area (Å²) in [4.78, 5) is 68.8. The number of likely N-dealkylation sites (tertiary alicyclic amines) is 1. The molecule has 0 bridgehead atoms. The van der Waals surface area contributed by atoms with Crippen molar-refractivity contribution in [2.75, 3.05) is 36.4 Å². The molecule has 1 saturated carbocycles. The molecule has 10 rings (SSSR count). The molecule has 5 aromatic rings. The lowest BCUT2D eigenvalue weighted by atomic mass is 9.59. The summed E-state index contributed by atoms with van der Waals surface area (Å²) in [5.74, 6) is -3.85. The summed E-state index contributed by atoms with van der Waals surface area (Å²) in [6.45, 7) is 8.14. The summed E-state index contributed by atoms with van der Waals surface area (Å²) in [5, 5.41) is 4.65. The predicted octanol–water partition coefficient (Wildman–Crippen LogP) is 6.63. The summed E-state index contributed by atoms with van der Waals surface area (Å²) < 4.78 is 75.4. The van der Waals surface area contributed by atoms with Gasteiger partial charge in [0.25, 0.3) is 11.8 Å². The number of sulfone groups is 1. The van der Waals surface area contributed by atoms with Gasteiger partial charge in [0.15, 0.2) is 21.5 Å². The molecule has 1 unspecified atom stereocenters. The number of nitrogens with one attached hydrogen (secondary N) is 2. The van der Waals surface area contributed by atoms with E-state index in [0.717, 1.165) is 42.8 Å². The van der Waals surface area contributed by atoms with E-state index in [9.17, 15) is 27.6 Å². The van der Waals surface area contributed by atoms with Gasteiger partial charge in [0.2, 0.25) is 17.8 Å². The van der Waals surface area contributed by atoms with Crippen molar-refractivity contribution < 1.29 is 40.8 Å². The fourth-order valence-electron chi connectivity index (χ4n) is 10.8. The molecule has 4 fully saturated rings. The number of hydrogen-bond acceptors (Lipinski definition) is 12. The smallest absolute Gasteiger partial charge is 0.262 e. The number of fused-ring (bicyclic) bond motifs is 2. The minimum absolute atomic E-state index is 0.00466. The van der Waals surface area contributed by atoms with Gasteiger partial charge >= 0.3 is 0 Å². The van der Waals surface area contributed by atoms with Gasteiger partial charge in [-0.15, -0.1) is 0 Å². The van der Waals surface area contributed by atoms with E-state index in [2.05, 4.69) is 30.5 Å². The molecule has 2 aromatic heterocycles. The van der Waals surface area contributed by atoms with Gasteiger partial charge in [-0.1, -0.05) is 0 Å². The van der Waals surface area contributed by atoms with E-state index in [-0.39, 0.29) is 68.7 Å². The minimum atomic E-state index is -3.64. The number of halogens is 3. The highest BCUT2D eigenvalue weighted by Gasteiger charge is 2.50. The van der Waals surface area contributed by atoms with Crippen LogP contribution >= 0.6 is 0 Å². The Morgan fingerprint density at radius 2 is 1.52 bits per heavy atom. The number of rotatable bonds is 9. The third kappa shape index (κ3) is 7.49. The number of aryl methyl sites for hydroxylation is 1. The number of benzene rings is 3. The van der Waals surface area contributed by atoms with Crippen LogP contribution in [0.2, 0.25) is 0 Å². The number of imide groups is 2. The number of aromatic nitrogens is 4. The Kier molecular flexibility index (Phi) is 10.8. The van der Waals surface area contributed by atoms with Crippen molar-refractivity contribution in [1.29, 1.82) is 0 Å². The van der Waals surface area contributed by atoms with Crippen molar-refractivity contribution in [2.45, 2.75) is 100 Å². The molecular weight excluding hydrogens is 876 g/mol. The van der Waals surface area contributed by atoms with Gasteiger partial charge in [-0.3, -0.25) is 29.4 Å². The molecule has 0 radical (unpaired) electrons. The summed E-state index contributed by atoms with van der Waals surface area (Å²) in [7, 11) is -3.64. The molecule has 66 heavy (non-hydrogen) atoms. The molecule has 1 atom stereocenters. The molecule has 19 heteroatoms. The summed E-state index contributed by atoms with van der Waals surface area (Å²) in [6, 6.07) is 10.9. The first-order chi connectivity index (χ1) is 31.5. The quantitative estimate of drug-likeness (QED) is 0.151.